The van der Waals surface area contributed by atoms with E-state index in [4.69, 9.17) is 5.73 Å². The minimum atomic E-state index is -3.08. The maximum absolute atomic E-state index is 12.2. The molecule has 1 rings (SSSR count). The number of carbonyl (C=O) groups is 1. The summed E-state index contributed by atoms with van der Waals surface area (Å²) in [5.41, 5.74) is 5.80. The van der Waals surface area contributed by atoms with Gasteiger partial charge in [-0.3, -0.25) is 4.79 Å². The summed E-state index contributed by atoms with van der Waals surface area (Å²) in [6.45, 7) is 3.17. The van der Waals surface area contributed by atoms with Crippen molar-refractivity contribution in [2.45, 2.75) is 45.1 Å². The van der Waals surface area contributed by atoms with Crippen molar-refractivity contribution in [3.63, 3.8) is 0 Å². The predicted octanol–water partition coefficient (Wildman–Crippen LogP) is 0.787. The van der Waals surface area contributed by atoms with Crippen molar-refractivity contribution in [1.82, 2.24) is 4.90 Å². The van der Waals surface area contributed by atoms with Crippen LogP contribution in [0.3, 0.4) is 0 Å². The molecule has 0 aromatic rings. The second-order valence-corrected chi connectivity index (χ2v) is 7.67. The second-order valence-electron chi connectivity index (χ2n) is 5.41. The Labute approximate surface area is 116 Å². The van der Waals surface area contributed by atoms with E-state index in [-0.39, 0.29) is 24.1 Å². The average molecular weight is 290 g/mol. The zero-order chi connectivity index (χ0) is 14.5. The molecule has 1 aliphatic rings. The molecule has 112 valence electrons. The summed E-state index contributed by atoms with van der Waals surface area (Å²) in [7, 11) is -3.08. The third-order valence-electron chi connectivity index (χ3n) is 3.92. The normalized spacial score (nSPS) is 24.2. The number of rotatable bonds is 6. The summed E-state index contributed by atoms with van der Waals surface area (Å²) >= 11 is 0. The third kappa shape index (κ3) is 5.10. The van der Waals surface area contributed by atoms with Crippen molar-refractivity contribution in [1.29, 1.82) is 0 Å². The van der Waals surface area contributed by atoms with Gasteiger partial charge in [0, 0.05) is 25.3 Å². The molecule has 6 heteroatoms. The molecule has 0 radical (unpaired) electrons. The highest BCUT2D eigenvalue weighted by atomic mass is 32.2. The van der Waals surface area contributed by atoms with Crippen LogP contribution in [0, 0.1) is 5.92 Å². The van der Waals surface area contributed by atoms with Gasteiger partial charge in [-0.15, -0.1) is 0 Å². The summed E-state index contributed by atoms with van der Waals surface area (Å²) < 4.78 is 22.3. The minimum absolute atomic E-state index is 0.0572. The number of nitrogens with zero attached hydrogens (tertiary/aromatic N) is 1. The average Bonchev–Trinajstić information content (AvgIpc) is 2.37. The van der Waals surface area contributed by atoms with Gasteiger partial charge in [0.1, 0.15) is 9.84 Å². The summed E-state index contributed by atoms with van der Waals surface area (Å²) in [6.07, 6.45) is 5.60. The molecule has 5 nitrogen and oxygen atoms in total. The molecule has 0 bridgehead atoms. The Balaban J connectivity index is 2.67. The van der Waals surface area contributed by atoms with Crippen LogP contribution >= 0.6 is 0 Å². The summed E-state index contributed by atoms with van der Waals surface area (Å²) in [6, 6.07) is 0.191. The molecule has 1 saturated carbocycles. The Morgan fingerprint density at radius 3 is 2.47 bits per heavy atom. The van der Waals surface area contributed by atoms with Gasteiger partial charge in [0.2, 0.25) is 5.91 Å². The molecule has 1 amide bonds. The van der Waals surface area contributed by atoms with Gasteiger partial charge in [-0.2, -0.15) is 0 Å². The van der Waals surface area contributed by atoms with Crippen LogP contribution in [-0.4, -0.2) is 50.4 Å². The number of hydrogen-bond acceptors (Lipinski definition) is 4. The van der Waals surface area contributed by atoms with Gasteiger partial charge < -0.3 is 10.6 Å². The largest absolute Gasteiger partial charge is 0.340 e. The van der Waals surface area contributed by atoms with Crippen molar-refractivity contribution >= 4 is 15.7 Å². The van der Waals surface area contributed by atoms with Crippen LogP contribution in [0.15, 0.2) is 0 Å². The number of amides is 1. The molecule has 19 heavy (non-hydrogen) atoms. The molecule has 0 saturated heterocycles. The Morgan fingerprint density at radius 2 is 1.95 bits per heavy atom. The molecule has 0 aromatic heterocycles. The number of nitrogens with two attached hydrogens (primary N) is 1. The van der Waals surface area contributed by atoms with Gasteiger partial charge in [-0.05, 0) is 32.2 Å². The monoisotopic (exact) mass is 290 g/mol. The van der Waals surface area contributed by atoms with Crippen LogP contribution in [0.4, 0.5) is 0 Å². The molecule has 2 atom stereocenters. The maximum Gasteiger partial charge on any atom is 0.223 e. The first-order valence-corrected chi connectivity index (χ1v) is 9.12. The van der Waals surface area contributed by atoms with Crippen molar-refractivity contribution in [2.75, 3.05) is 25.1 Å². The Morgan fingerprint density at radius 1 is 1.32 bits per heavy atom. The van der Waals surface area contributed by atoms with Crippen molar-refractivity contribution in [2.24, 2.45) is 11.7 Å². The smallest absolute Gasteiger partial charge is 0.223 e. The first-order valence-electron chi connectivity index (χ1n) is 7.06. The summed E-state index contributed by atoms with van der Waals surface area (Å²) in [4.78, 5) is 14.0. The van der Waals surface area contributed by atoms with E-state index in [0.29, 0.717) is 19.0 Å². The molecule has 2 unspecified atom stereocenters. The molecular formula is C13H26N2O3S. The van der Waals surface area contributed by atoms with E-state index in [9.17, 15) is 13.2 Å². The maximum atomic E-state index is 12.2. The predicted molar refractivity (Wildman–Crippen MR) is 76.5 cm³/mol. The Bertz CT molecular complexity index is 395. The van der Waals surface area contributed by atoms with E-state index in [1.165, 1.54) is 12.7 Å². The van der Waals surface area contributed by atoms with Crippen LogP contribution in [0.25, 0.3) is 0 Å². The van der Waals surface area contributed by atoms with Crippen LogP contribution in [-0.2, 0) is 14.6 Å². The van der Waals surface area contributed by atoms with Crippen molar-refractivity contribution < 1.29 is 13.2 Å². The van der Waals surface area contributed by atoms with Crippen LogP contribution in [0.1, 0.15) is 39.0 Å². The first kappa shape index (κ1) is 16.4. The molecule has 1 aliphatic carbocycles. The van der Waals surface area contributed by atoms with Crippen molar-refractivity contribution in [3.8, 4) is 0 Å². The van der Waals surface area contributed by atoms with E-state index in [2.05, 4.69) is 0 Å². The van der Waals surface area contributed by atoms with Gasteiger partial charge in [0.15, 0.2) is 0 Å². The molecule has 0 aliphatic heterocycles. The first-order chi connectivity index (χ1) is 8.89. The SMILES string of the molecule is CCN(C(=O)CCS(C)(=O)=O)C1CCCCC1CN. The van der Waals surface area contributed by atoms with Gasteiger partial charge in [-0.1, -0.05) is 12.8 Å². The van der Waals surface area contributed by atoms with Crippen LogP contribution in [0.5, 0.6) is 0 Å². The quantitative estimate of drug-likeness (QED) is 0.784. The van der Waals surface area contributed by atoms with Crippen molar-refractivity contribution in [3.05, 3.63) is 0 Å². The molecule has 0 aromatic carbocycles. The lowest BCUT2D eigenvalue weighted by Gasteiger charge is -2.39. The lowest BCUT2D eigenvalue weighted by molar-refractivity contribution is -0.134. The van der Waals surface area contributed by atoms with Crippen LogP contribution in [0.2, 0.25) is 0 Å². The van der Waals surface area contributed by atoms with E-state index in [1.54, 1.807) is 0 Å². The number of carbonyl (C=O) groups excluding carboxylic acids is 1. The van der Waals surface area contributed by atoms with E-state index >= 15 is 0 Å². The standard InChI is InChI=1S/C13H26N2O3S/c1-3-15(13(16)8-9-19(2,17)18)12-7-5-4-6-11(12)10-14/h11-12H,3-10,14H2,1-2H3. The lowest BCUT2D eigenvalue weighted by Crippen LogP contribution is -2.48. The minimum Gasteiger partial charge on any atom is -0.340 e. The molecule has 0 spiro atoms. The van der Waals surface area contributed by atoms with Gasteiger partial charge >= 0.3 is 0 Å². The fourth-order valence-corrected chi connectivity index (χ4v) is 3.43. The zero-order valence-corrected chi connectivity index (χ0v) is 12.8. The van der Waals surface area contributed by atoms with Gasteiger partial charge in [-0.25, -0.2) is 8.42 Å². The molecule has 2 N–H and O–H groups in total. The third-order valence-corrected chi connectivity index (χ3v) is 4.87. The Hall–Kier alpha value is -0.620. The topological polar surface area (TPSA) is 80.5 Å². The highest BCUT2D eigenvalue weighted by Crippen LogP contribution is 2.28. The van der Waals surface area contributed by atoms with E-state index < -0.39 is 9.84 Å². The number of hydrogen-bond donors (Lipinski definition) is 1. The summed E-state index contributed by atoms with van der Waals surface area (Å²) in [5.74, 6) is 0.233. The van der Waals surface area contributed by atoms with E-state index in [1.807, 2.05) is 11.8 Å². The number of sulfone groups is 1. The molecule has 1 fully saturated rings. The lowest BCUT2D eigenvalue weighted by atomic mass is 9.83. The van der Waals surface area contributed by atoms with E-state index in [0.717, 1.165) is 19.3 Å². The molecule has 0 heterocycles. The van der Waals surface area contributed by atoms with Gasteiger partial charge in [0.05, 0.1) is 5.75 Å². The fraction of sp³-hybridized carbons (Fsp3) is 0.923. The zero-order valence-electron chi connectivity index (χ0n) is 12.0. The highest BCUT2D eigenvalue weighted by Gasteiger charge is 2.31. The molecular weight excluding hydrogens is 264 g/mol. The van der Waals surface area contributed by atoms with Crippen LogP contribution < -0.4 is 5.73 Å². The summed E-state index contributed by atoms with van der Waals surface area (Å²) in [5, 5.41) is 0. The second kappa shape index (κ2) is 7.24. The Kier molecular flexibility index (Phi) is 6.26. The van der Waals surface area contributed by atoms with Gasteiger partial charge in [0.25, 0.3) is 0 Å². The highest BCUT2D eigenvalue weighted by molar-refractivity contribution is 7.90. The fourth-order valence-electron chi connectivity index (χ4n) is 2.89.